The second-order valence-electron chi connectivity index (χ2n) is 3.89. The third-order valence-electron chi connectivity index (χ3n) is 2.56. The minimum absolute atomic E-state index is 0.237. The lowest BCUT2D eigenvalue weighted by Crippen LogP contribution is -2.04. The van der Waals surface area contributed by atoms with Gasteiger partial charge in [0.25, 0.3) is 0 Å². The maximum atomic E-state index is 10.6. The van der Waals surface area contributed by atoms with Crippen molar-refractivity contribution >= 4 is 28.6 Å². The van der Waals surface area contributed by atoms with Crippen LogP contribution in [0, 0.1) is 11.3 Å². The summed E-state index contributed by atoms with van der Waals surface area (Å²) in [5.74, 6) is 0. The molecule has 0 heterocycles. The predicted octanol–water partition coefficient (Wildman–Crippen LogP) is 3.15. The van der Waals surface area contributed by atoms with Gasteiger partial charge in [0.2, 0.25) is 0 Å². The van der Waals surface area contributed by atoms with Gasteiger partial charge in [-0.3, -0.25) is 4.21 Å². The molecule has 1 N–H and O–H groups in total. The molecular weight excluding hydrogens is 272 g/mol. The minimum atomic E-state index is -2.44. The second kappa shape index (κ2) is 7.37. The van der Waals surface area contributed by atoms with E-state index in [1.807, 2.05) is 0 Å². The van der Waals surface area contributed by atoms with E-state index in [4.69, 9.17) is 16.9 Å². The summed E-state index contributed by atoms with van der Waals surface area (Å²) in [6, 6.07) is 5.19. The average Bonchev–Trinajstić information content (AvgIpc) is 2.32. The molecule has 0 aliphatic heterocycles. The molecule has 1 unspecified atom stereocenters. The first-order chi connectivity index (χ1) is 8.58. The van der Waals surface area contributed by atoms with Gasteiger partial charge in [-0.05, 0) is 30.5 Å². The molecule has 1 aromatic rings. The standard InChI is InChI=1S/C12H15ClN2O2S/c1-2-3-4-5-9-6-11(13)12(15-18(16)17)7-10(9)8-14/h6-7,15H,2-5H2,1H3,(H,16,17)/p-1. The van der Waals surface area contributed by atoms with Crippen LogP contribution < -0.4 is 4.72 Å². The van der Waals surface area contributed by atoms with Gasteiger partial charge in [-0.25, -0.2) is 0 Å². The van der Waals surface area contributed by atoms with Gasteiger partial charge >= 0.3 is 0 Å². The van der Waals surface area contributed by atoms with E-state index >= 15 is 0 Å². The molecule has 0 saturated heterocycles. The lowest BCUT2D eigenvalue weighted by atomic mass is 10.0. The molecule has 0 amide bonds. The summed E-state index contributed by atoms with van der Waals surface area (Å²) in [5, 5.41) is 9.36. The SMILES string of the molecule is CCCCCc1cc(Cl)c(NS(=O)[O-])cc1C#N. The number of hydrogen-bond acceptors (Lipinski definition) is 3. The van der Waals surface area contributed by atoms with E-state index in [2.05, 4.69) is 17.7 Å². The molecule has 0 bridgehead atoms. The summed E-state index contributed by atoms with van der Waals surface area (Å²) in [6.45, 7) is 2.11. The normalized spacial score (nSPS) is 11.9. The van der Waals surface area contributed by atoms with Gasteiger partial charge in [-0.1, -0.05) is 31.4 Å². The number of benzene rings is 1. The molecule has 0 fully saturated rings. The maximum Gasteiger partial charge on any atom is 0.0995 e. The fourth-order valence-electron chi connectivity index (χ4n) is 1.66. The smallest absolute Gasteiger partial charge is 0.0995 e. The van der Waals surface area contributed by atoms with Gasteiger partial charge in [0.1, 0.15) is 0 Å². The molecule has 6 heteroatoms. The largest absolute Gasteiger partial charge is 0.755 e. The van der Waals surface area contributed by atoms with Crippen molar-refractivity contribution in [3.63, 3.8) is 0 Å². The Bertz CT molecular complexity index is 486. The van der Waals surface area contributed by atoms with Gasteiger partial charge in [-0.15, -0.1) is 0 Å². The topological polar surface area (TPSA) is 75.9 Å². The summed E-state index contributed by atoms with van der Waals surface area (Å²) < 4.78 is 23.3. The highest BCUT2D eigenvalue weighted by atomic mass is 35.5. The molecule has 1 rings (SSSR count). The van der Waals surface area contributed by atoms with E-state index in [0.717, 1.165) is 31.2 Å². The Balaban J connectivity index is 2.96. The zero-order valence-electron chi connectivity index (χ0n) is 10.0. The van der Waals surface area contributed by atoms with Gasteiger partial charge in [-0.2, -0.15) is 5.26 Å². The number of nitrogens with zero attached hydrogens (tertiary/aromatic N) is 1. The fourth-order valence-corrected chi connectivity index (χ4v) is 2.30. The summed E-state index contributed by atoms with van der Waals surface area (Å²) in [7, 11) is 0. The number of hydrogen-bond donors (Lipinski definition) is 1. The van der Waals surface area contributed by atoms with Crippen LogP contribution in [0.5, 0.6) is 0 Å². The molecule has 0 aliphatic carbocycles. The number of anilines is 1. The number of aryl methyl sites for hydroxylation is 1. The third kappa shape index (κ3) is 4.30. The number of rotatable bonds is 6. The van der Waals surface area contributed by atoms with Crippen LogP contribution in [0.4, 0.5) is 5.69 Å². The molecular formula is C12H14ClN2O2S-. The van der Waals surface area contributed by atoms with Crippen LogP contribution in [-0.2, 0) is 17.7 Å². The maximum absolute atomic E-state index is 10.6. The monoisotopic (exact) mass is 285 g/mol. The predicted molar refractivity (Wildman–Crippen MR) is 71.9 cm³/mol. The van der Waals surface area contributed by atoms with E-state index < -0.39 is 11.3 Å². The summed E-state index contributed by atoms with van der Waals surface area (Å²) in [5.41, 5.74) is 1.56. The summed E-state index contributed by atoms with van der Waals surface area (Å²) in [4.78, 5) is 0. The van der Waals surface area contributed by atoms with Crippen molar-refractivity contribution in [3.8, 4) is 6.07 Å². The lowest BCUT2D eigenvalue weighted by molar-refractivity contribution is 0.542. The van der Waals surface area contributed by atoms with Crippen LogP contribution in [-0.4, -0.2) is 8.76 Å². The highest BCUT2D eigenvalue weighted by Crippen LogP contribution is 2.27. The first-order valence-corrected chi connectivity index (χ1v) is 7.12. The Kier molecular flexibility index (Phi) is 6.13. The molecule has 0 saturated carbocycles. The summed E-state index contributed by atoms with van der Waals surface area (Å²) in [6.07, 6.45) is 3.95. The zero-order chi connectivity index (χ0) is 13.5. The fraction of sp³-hybridized carbons (Fsp3) is 0.417. The van der Waals surface area contributed by atoms with E-state index in [1.54, 1.807) is 6.07 Å². The molecule has 0 aromatic heterocycles. The van der Waals surface area contributed by atoms with Crippen molar-refractivity contribution in [1.29, 1.82) is 5.26 Å². The van der Waals surface area contributed by atoms with E-state index in [1.165, 1.54) is 6.07 Å². The molecule has 4 nitrogen and oxygen atoms in total. The first-order valence-electron chi connectivity index (χ1n) is 5.67. The van der Waals surface area contributed by atoms with Crippen LogP contribution >= 0.6 is 11.6 Å². The zero-order valence-corrected chi connectivity index (χ0v) is 11.6. The summed E-state index contributed by atoms with van der Waals surface area (Å²) >= 11 is 3.53. The molecule has 0 aliphatic rings. The molecule has 18 heavy (non-hydrogen) atoms. The van der Waals surface area contributed by atoms with Crippen molar-refractivity contribution in [2.75, 3.05) is 4.72 Å². The highest BCUT2D eigenvalue weighted by Gasteiger charge is 2.08. The van der Waals surface area contributed by atoms with Gasteiger partial charge in [0, 0.05) is 11.3 Å². The third-order valence-corrected chi connectivity index (χ3v) is 3.26. The molecule has 0 spiro atoms. The van der Waals surface area contributed by atoms with Crippen LogP contribution in [0.2, 0.25) is 5.02 Å². The van der Waals surface area contributed by atoms with E-state index in [9.17, 15) is 8.76 Å². The number of nitrogens with one attached hydrogen (secondary N) is 1. The minimum Gasteiger partial charge on any atom is -0.755 e. The van der Waals surface area contributed by atoms with E-state index in [-0.39, 0.29) is 5.69 Å². The second-order valence-corrected chi connectivity index (χ2v) is 4.98. The van der Waals surface area contributed by atoms with Crippen LogP contribution in [0.25, 0.3) is 0 Å². The lowest BCUT2D eigenvalue weighted by Gasteiger charge is -2.13. The van der Waals surface area contributed by atoms with Crippen molar-refractivity contribution in [2.45, 2.75) is 32.6 Å². The van der Waals surface area contributed by atoms with Crippen molar-refractivity contribution < 1.29 is 8.76 Å². The highest BCUT2D eigenvalue weighted by molar-refractivity contribution is 7.80. The van der Waals surface area contributed by atoms with Gasteiger partial charge in [0.05, 0.1) is 22.3 Å². The Morgan fingerprint density at radius 2 is 2.22 bits per heavy atom. The van der Waals surface area contributed by atoms with Crippen LogP contribution in [0.1, 0.15) is 37.3 Å². The van der Waals surface area contributed by atoms with Crippen molar-refractivity contribution in [2.24, 2.45) is 0 Å². The Hall–Kier alpha value is -1.09. The Morgan fingerprint density at radius 1 is 1.50 bits per heavy atom. The first kappa shape index (κ1) is 15.0. The number of halogens is 1. The number of nitriles is 1. The quantitative estimate of drug-likeness (QED) is 0.644. The van der Waals surface area contributed by atoms with Crippen LogP contribution in [0.3, 0.4) is 0 Å². The van der Waals surface area contributed by atoms with Crippen molar-refractivity contribution in [3.05, 3.63) is 28.3 Å². The van der Waals surface area contributed by atoms with Gasteiger partial charge in [0.15, 0.2) is 0 Å². The number of unbranched alkanes of at least 4 members (excludes halogenated alkanes) is 2. The van der Waals surface area contributed by atoms with Crippen molar-refractivity contribution in [1.82, 2.24) is 0 Å². The molecule has 1 atom stereocenters. The molecule has 1 aromatic carbocycles. The molecule has 0 radical (unpaired) electrons. The Morgan fingerprint density at radius 3 is 2.78 bits per heavy atom. The average molecular weight is 286 g/mol. The van der Waals surface area contributed by atoms with Gasteiger partial charge < -0.3 is 9.27 Å². The van der Waals surface area contributed by atoms with Crippen LogP contribution in [0.15, 0.2) is 12.1 Å². The molecule has 98 valence electrons. The Labute approximate surface area is 114 Å². The van der Waals surface area contributed by atoms with E-state index in [0.29, 0.717) is 10.6 Å².